The monoisotopic (exact) mass is 400 g/mol. The quantitative estimate of drug-likeness (QED) is 0.633. The maximum atomic E-state index is 14.5. The van der Waals surface area contributed by atoms with Crippen molar-refractivity contribution in [3.05, 3.63) is 64.8 Å². The van der Waals surface area contributed by atoms with Gasteiger partial charge in [-0.15, -0.1) is 11.3 Å². The van der Waals surface area contributed by atoms with E-state index < -0.39 is 11.7 Å². The van der Waals surface area contributed by atoms with Crippen LogP contribution in [-0.4, -0.2) is 24.4 Å². The predicted molar refractivity (Wildman–Crippen MR) is 108 cm³/mol. The zero-order chi connectivity index (χ0) is 20.1. The van der Waals surface area contributed by atoms with Crippen LogP contribution in [0.5, 0.6) is 5.75 Å². The maximum absolute atomic E-state index is 14.5. The predicted octanol–water partition coefficient (Wildman–Crippen LogP) is 3.87. The smallest absolute Gasteiger partial charge is 0.262 e. The number of hydrogen-bond acceptors (Lipinski definition) is 4. The normalized spacial score (nSPS) is 10.9. The molecular weight excluding hydrogens is 379 g/mol. The van der Waals surface area contributed by atoms with E-state index in [0.717, 1.165) is 0 Å². The van der Waals surface area contributed by atoms with E-state index in [1.807, 2.05) is 32.0 Å². The van der Waals surface area contributed by atoms with Gasteiger partial charge in [0.1, 0.15) is 18.2 Å². The standard InChI is InChI=1S/C21H21FN2O3S/c1-13(2)24-18(25)11-23-21(26)20-15(12-27-14-7-4-3-5-8-14)19-16(22)9-6-10-17(19)28-20/h3-10,13H,11-12H2,1-2H3,(H,23,26)(H,24,25). The zero-order valence-corrected chi connectivity index (χ0v) is 16.4. The Balaban J connectivity index is 1.85. The molecule has 0 fully saturated rings. The van der Waals surface area contributed by atoms with Gasteiger partial charge in [0.15, 0.2) is 0 Å². The summed E-state index contributed by atoms with van der Waals surface area (Å²) >= 11 is 1.18. The van der Waals surface area contributed by atoms with Crippen molar-refractivity contribution in [2.24, 2.45) is 0 Å². The molecule has 7 heteroatoms. The van der Waals surface area contributed by atoms with Crippen molar-refractivity contribution in [3.8, 4) is 5.75 Å². The molecule has 2 amide bonds. The lowest BCUT2D eigenvalue weighted by Gasteiger charge is -2.10. The number of hydrogen-bond donors (Lipinski definition) is 2. The molecular formula is C21H21FN2O3S. The zero-order valence-electron chi connectivity index (χ0n) is 15.6. The Labute approximate surface area is 166 Å². The molecule has 3 rings (SSSR count). The van der Waals surface area contributed by atoms with Crippen molar-refractivity contribution in [1.82, 2.24) is 10.6 Å². The Morgan fingerprint density at radius 3 is 2.57 bits per heavy atom. The van der Waals surface area contributed by atoms with Crippen LogP contribution >= 0.6 is 11.3 Å². The largest absolute Gasteiger partial charge is 0.489 e. The van der Waals surface area contributed by atoms with E-state index in [9.17, 15) is 14.0 Å². The Hall–Kier alpha value is -2.93. The molecule has 0 saturated heterocycles. The molecule has 2 N–H and O–H groups in total. The molecule has 0 saturated carbocycles. The summed E-state index contributed by atoms with van der Waals surface area (Å²) in [5.41, 5.74) is 0.476. The molecule has 0 radical (unpaired) electrons. The number of benzene rings is 2. The number of thiophene rings is 1. The molecule has 146 valence electrons. The third kappa shape index (κ3) is 4.67. The van der Waals surface area contributed by atoms with Crippen molar-refractivity contribution in [3.63, 3.8) is 0 Å². The number of halogens is 1. The number of fused-ring (bicyclic) bond motifs is 1. The summed E-state index contributed by atoms with van der Waals surface area (Å²) < 4.78 is 20.9. The van der Waals surface area contributed by atoms with Gasteiger partial charge in [0, 0.05) is 21.7 Å². The number of carbonyl (C=O) groups excluding carboxylic acids is 2. The summed E-state index contributed by atoms with van der Waals surface area (Å²) in [6.45, 7) is 3.58. The first-order valence-corrected chi connectivity index (χ1v) is 9.72. The summed E-state index contributed by atoms with van der Waals surface area (Å²) in [5.74, 6) is -0.484. The van der Waals surface area contributed by atoms with Gasteiger partial charge in [-0.25, -0.2) is 4.39 Å². The number of amides is 2. The van der Waals surface area contributed by atoms with Crippen LogP contribution in [0.1, 0.15) is 29.1 Å². The van der Waals surface area contributed by atoms with Crippen molar-refractivity contribution >= 4 is 33.2 Å². The second kappa shape index (κ2) is 8.84. The lowest BCUT2D eigenvalue weighted by Crippen LogP contribution is -2.39. The van der Waals surface area contributed by atoms with Gasteiger partial charge in [-0.3, -0.25) is 9.59 Å². The average Bonchev–Trinajstić information content (AvgIpc) is 3.05. The highest BCUT2D eigenvalue weighted by atomic mass is 32.1. The fourth-order valence-electron chi connectivity index (χ4n) is 2.77. The van der Waals surface area contributed by atoms with Crippen LogP contribution in [0, 0.1) is 5.82 Å². The van der Waals surface area contributed by atoms with Crippen molar-refractivity contribution in [2.75, 3.05) is 6.54 Å². The van der Waals surface area contributed by atoms with Crippen LogP contribution in [-0.2, 0) is 11.4 Å². The van der Waals surface area contributed by atoms with Crippen LogP contribution in [0.4, 0.5) is 4.39 Å². The van der Waals surface area contributed by atoms with Gasteiger partial charge in [0.05, 0.1) is 11.4 Å². The van der Waals surface area contributed by atoms with E-state index in [1.54, 1.807) is 24.3 Å². The minimum atomic E-state index is -0.425. The number of para-hydroxylation sites is 1. The highest BCUT2D eigenvalue weighted by molar-refractivity contribution is 7.21. The molecule has 0 atom stereocenters. The van der Waals surface area contributed by atoms with E-state index in [2.05, 4.69) is 10.6 Å². The van der Waals surface area contributed by atoms with Crippen molar-refractivity contribution in [1.29, 1.82) is 0 Å². The molecule has 1 aromatic heterocycles. The van der Waals surface area contributed by atoms with Gasteiger partial charge in [0.25, 0.3) is 5.91 Å². The number of rotatable bonds is 7. The molecule has 0 spiro atoms. The molecule has 5 nitrogen and oxygen atoms in total. The SMILES string of the molecule is CC(C)NC(=O)CNC(=O)c1sc2cccc(F)c2c1COc1ccccc1. The number of ether oxygens (including phenoxy) is 1. The van der Waals surface area contributed by atoms with Crippen molar-refractivity contribution < 1.29 is 18.7 Å². The van der Waals surface area contributed by atoms with E-state index >= 15 is 0 Å². The highest BCUT2D eigenvalue weighted by Gasteiger charge is 2.21. The summed E-state index contributed by atoms with van der Waals surface area (Å²) in [7, 11) is 0. The van der Waals surface area contributed by atoms with Crippen LogP contribution in [0.2, 0.25) is 0 Å². The molecule has 0 aliphatic carbocycles. The second-order valence-corrected chi connectivity index (χ2v) is 7.58. The summed E-state index contributed by atoms with van der Waals surface area (Å²) in [5, 5.41) is 5.69. The van der Waals surface area contributed by atoms with Gasteiger partial charge in [0.2, 0.25) is 5.91 Å². The van der Waals surface area contributed by atoms with Crippen molar-refractivity contribution in [2.45, 2.75) is 26.5 Å². The lowest BCUT2D eigenvalue weighted by atomic mass is 10.1. The summed E-state index contributed by atoms with van der Waals surface area (Å²) in [6, 6.07) is 13.8. The summed E-state index contributed by atoms with van der Waals surface area (Å²) in [6.07, 6.45) is 0. The van der Waals surface area contributed by atoms with Gasteiger partial charge in [-0.05, 0) is 38.1 Å². The van der Waals surface area contributed by atoms with Crippen LogP contribution < -0.4 is 15.4 Å². The van der Waals surface area contributed by atoms with Gasteiger partial charge in [-0.1, -0.05) is 24.3 Å². The topological polar surface area (TPSA) is 67.4 Å². The number of carbonyl (C=O) groups is 2. The first-order chi connectivity index (χ1) is 13.5. The van der Waals surface area contributed by atoms with E-state index in [4.69, 9.17) is 4.74 Å². The van der Waals surface area contributed by atoms with Gasteiger partial charge < -0.3 is 15.4 Å². The lowest BCUT2D eigenvalue weighted by molar-refractivity contribution is -0.120. The average molecular weight is 400 g/mol. The van der Waals surface area contributed by atoms with Gasteiger partial charge in [-0.2, -0.15) is 0 Å². The first-order valence-electron chi connectivity index (χ1n) is 8.91. The van der Waals surface area contributed by atoms with Crippen LogP contribution in [0.3, 0.4) is 0 Å². The highest BCUT2D eigenvalue weighted by Crippen LogP contribution is 2.34. The van der Waals surface area contributed by atoms with E-state index in [0.29, 0.717) is 26.3 Å². The minimum Gasteiger partial charge on any atom is -0.489 e. The number of nitrogens with one attached hydrogen (secondary N) is 2. The fourth-order valence-corrected chi connectivity index (χ4v) is 3.91. The maximum Gasteiger partial charge on any atom is 0.262 e. The minimum absolute atomic E-state index is 0.0161. The molecule has 28 heavy (non-hydrogen) atoms. The molecule has 2 aromatic carbocycles. The molecule has 0 aliphatic rings. The Kier molecular flexibility index (Phi) is 6.26. The third-order valence-corrected chi connectivity index (χ3v) is 5.15. The summed E-state index contributed by atoms with van der Waals surface area (Å²) in [4.78, 5) is 24.8. The second-order valence-electron chi connectivity index (χ2n) is 6.53. The van der Waals surface area contributed by atoms with Crippen LogP contribution in [0.25, 0.3) is 10.1 Å². The van der Waals surface area contributed by atoms with Crippen LogP contribution in [0.15, 0.2) is 48.5 Å². The van der Waals surface area contributed by atoms with Gasteiger partial charge >= 0.3 is 0 Å². The fraction of sp³-hybridized carbons (Fsp3) is 0.238. The Bertz CT molecular complexity index is 986. The molecule has 3 aromatic rings. The molecule has 0 bridgehead atoms. The first kappa shape index (κ1) is 19.8. The van der Waals surface area contributed by atoms with E-state index in [-0.39, 0.29) is 25.1 Å². The Morgan fingerprint density at radius 2 is 1.86 bits per heavy atom. The Morgan fingerprint density at radius 1 is 1.11 bits per heavy atom. The molecule has 1 heterocycles. The van der Waals surface area contributed by atoms with E-state index in [1.165, 1.54) is 17.4 Å². The third-order valence-electron chi connectivity index (χ3n) is 3.96. The molecule has 0 unspecified atom stereocenters. The molecule has 0 aliphatic heterocycles.